The zero-order chi connectivity index (χ0) is 26.5. The minimum atomic E-state index is -4.69. The maximum atomic E-state index is 12.2. The molecule has 2 aliphatic heterocycles. The van der Waals surface area contributed by atoms with Gasteiger partial charge in [-0.3, -0.25) is 14.5 Å². The second-order valence-corrected chi connectivity index (χ2v) is 9.31. The Balaban J connectivity index is 0.000000202. The van der Waals surface area contributed by atoms with Crippen molar-refractivity contribution in [3.05, 3.63) is 41.2 Å². The Hall–Kier alpha value is -3.08. The molecule has 1 aromatic carbocycles. The van der Waals surface area contributed by atoms with Crippen molar-refractivity contribution in [2.45, 2.75) is 65.4 Å². The summed E-state index contributed by atoms with van der Waals surface area (Å²) in [6, 6.07) is 6.66. The Kier molecular flexibility index (Phi) is 8.99. The molecule has 1 N–H and O–H groups in total. The Morgan fingerprint density at radius 3 is 2.39 bits per heavy atom. The van der Waals surface area contributed by atoms with Gasteiger partial charge in [0.15, 0.2) is 0 Å². The molecule has 0 aliphatic carbocycles. The fraction of sp³-hybridized carbons (Fsp3) is 0.560. The van der Waals surface area contributed by atoms with Crippen LogP contribution < -0.4 is 10.1 Å². The average molecular weight is 510 g/mol. The maximum absolute atomic E-state index is 12.2. The molecule has 2 fully saturated rings. The van der Waals surface area contributed by atoms with E-state index in [0.717, 1.165) is 68.8 Å². The van der Waals surface area contributed by atoms with Crippen LogP contribution in [0.5, 0.6) is 5.75 Å². The van der Waals surface area contributed by atoms with E-state index in [0.29, 0.717) is 17.8 Å². The standard InChI is InChI=1S/C13H13F3N2O.C12H21N3O2/c1-8-9(2)17-18(10(8)3)11-5-4-6-12(7-11)19-13(14,15)16;1-10(17)13-11-2-7-15(8-11)12-3-5-14(9-16)6-4-12/h4-7H,1-3H3;9,11-12H,2-8H2,1H3,(H,13,17). The molecule has 2 amide bonds. The van der Waals surface area contributed by atoms with Crippen LogP contribution in [0.3, 0.4) is 0 Å². The highest BCUT2D eigenvalue weighted by Crippen LogP contribution is 2.26. The van der Waals surface area contributed by atoms with Crippen molar-refractivity contribution in [2.75, 3.05) is 26.2 Å². The Bertz CT molecular complexity index is 1050. The number of amides is 2. The third kappa shape index (κ3) is 7.46. The van der Waals surface area contributed by atoms with E-state index in [4.69, 9.17) is 0 Å². The van der Waals surface area contributed by atoms with Crippen LogP contribution in [0, 0.1) is 20.8 Å². The molecule has 0 spiro atoms. The average Bonchev–Trinajstić information content (AvgIpc) is 3.38. The first-order valence-electron chi connectivity index (χ1n) is 12.1. The van der Waals surface area contributed by atoms with Gasteiger partial charge in [0, 0.05) is 56.9 Å². The number of aromatic nitrogens is 2. The Labute approximate surface area is 209 Å². The molecule has 4 rings (SSSR count). The van der Waals surface area contributed by atoms with Crippen molar-refractivity contribution in [2.24, 2.45) is 0 Å². The highest BCUT2D eigenvalue weighted by molar-refractivity contribution is 5.73. The van der Waals surface area contributed by atoms with E-state index in [1.54, 1.807) is 17.7 Å². The minimum absolute atomic E-state index is 0.0626. The lowest BCUT2D eigenvalue weighted by atomic mass is 10.0. The van der Waals surface area contributed by atoms with Gasteiger partial charge in [0.25, 0.3) is 0 Å². The molecule has 2 aromatic rings. The fourth-order valence-electron chi connectivity index (χ4n) is 4.67. The van der Waals surface area contributed by atoms with Gasteiger partial charge < -0.3 is 15.0 Å². The van der Waals surface area contributed by atoms with Crippen molar-refractivity contribution in [3.63, 3.8) is 0 Å². The number of halogens is 3. The van der Waals surface area contributed by atoms with Crippen LogP contribution in [0.2, 0.25) is 0 Å². The summed E-state index contributed by atoms with van der Waals surface area (Å²) in [5.74, 6) is -0.192. The topological polar surface area (TPSA) is 79.7 Å². The lowest BCUT2D eigenvalue weighted by Crippen LogP contribution is -2.45. The third-order valence-electron chi connectivity index (χ3n) is 6.74. The summed E-state index contributed by atoms with van der Waals surface area (Å²) in [5, 5.41) is 7.28. The van der Waals surface area contributed by atoms with E-state index in [2.05, 4.69) is 20.1 Å². The van der Waals surface area contributed by atoms with Crippen molar-refractivity contribution >= 4 is 12.3 Å². The number of ether oxygens (including phenoxy) is 1. The normalized spacial score (nSPS) is 19.0. The van der Waals surface area contributed by atoms with Crippen LogP contribution >= 0.6 is 0 Å². The van der Waals surface area contributed by atoms with Gasteiger partial charge in [0.1, 0.15) is 5.75 Å². The summed E-state index contributed by atoms with van der Waals surface area (Å²) in [7, 11) is 0. The monoisotopic (exact) mass is 509 g/mol. The lowest BCUT2D eigenvalue weighted by molar-refractivity contribution is -0.274. The van der Waals surface area contributed by atoms with Crippen LogP contribution in [0.15, 0.2) is 24.3 Å². The molecule has 1 aromatic heterocycles. The molecule has 198 valence electrons. The molecule has 36 heavy (non-hydrogen) atoms. The van der Waals surface area contributed by atoms with Gasteiger partial charge in [-0.2, -0.15) is 5.10 Å². The molecule has 2 aliphatic rings. The largest absolute Gasteiger partial charge is 0.573 e. The summed E-state index contributed by atoms with van der Waals surface area (Å²) in [6.45, 7) is 11.0. The molecular weight excluding hydrogens is 475 g/mol. The number of likely N-dealkylation sites (tertiary alicyclic amines) is 2. The van der Waals surface area contributed by atoms with E-state index in [9.17, 15) is 22.8 Å². The number of aryl methyl sites for hydroxylation is 1. The van der Waals surface area contributed by atoms with Crippen molar-refractivity contribution in [1.82, 2.24) is 24.9 Å². The van der Waals surface area contributed by atoms with Gasteiger partial charge in [-0.1, -0.05) is 6.07 Å². The Morgan fingerprint density at radius 1 is 1.14 bits per heavy atom. The SMILES string of the molecule is CC(=O)NC1CCN(C2CCN(C=O)CC2)C1.Cc1nn(-c2cccc(OC(F)(F)F)c2)c(C)c1C. The van der Waals surface area contributed by atoms with Crippen LogP contribution in [0.4, 0.5) is 13.2 Å². The predicted molar refractivity (Wildman–Crippen MR) is 129 cm³/mol. The lowest BCUT2D eigenvalue weighted by Gasteiger charge is -2.35. The predicted octanol–water partition coefficient (Wildman–Crippen LogP) is 3.51. The Morgan fingerprint density at radius 2 is 1.83 bits per heavy atom. The minimum Gasteiger partial charge on any atom is -0.406 e. The molecule has 0 radical (unpaired) electrons. The smallest absolute Gasteiger partial charge is 0.406 e. The number of piperidine rings is 1. The molecule has 2 saturated heterocycles. The first-order chi connectivity index (χ1) is 17.0. The maximum Gasteiger partial charge on any atom is 0.573 e. The van der Waals surface area contributed by atoms with Crippen LogP contribution in [-0.2, 0) is 9.59 Å². The third-order valence-corrected chi connectivity index (χ3v) is 6.74. The zero-order valence-electron chi connectivity index (χ0n) is 21.1. The number of alkyl halides is 3. The number of hydrogen-bond donors (Lipinski definition) is 1. The van der Waals surface area contributed by atoms with E-state index in [1.165, 1.54) is 18.2 Å². The molecule has 3 heterocycles. The molecule has 1 unspecified atom stereocenters. The van der Waals surface area contributed by atoms with E-state index >= 15 is 0 Å². The molecule has 1 atom stereocenters. The van der Waals surface area contributed by atoms with Crippen molar-refractivity contribution < 1.29 is 27.5 Å². The van der Waals surface area contributed by atoms with E-state index in [-0.39, 0.29) is 11.7 Å². The van der Waals surface area contributed by atoms with Gasteiger partial charge in [-0.25, -0.2) is 4.68 Å². The zero-order valence-corrected chi connectivity index (χ0v) is 21.1. The number of carbonyl (C=O) groups is 2. The number of hydrogen-bond acceptors (Lipinski definition) is 5. The number of nitrogens with zero attached hydrogens (tertiary/aromatic N) is 4. The van der Waals surface area contributed by atoms with Gasteiger partial charge in [0.05, 0.1) is 11.4 Å². The summed E-state index contributed by atoms with van der Waals surface area (Å²) in [6.07, 6.45) is -0.575. The summed E-state index contributed by atoms with van der Waals surface area (Å²) >= 11 is 0. The molecular formula is C25H34F3N5O3. The molecule has 11 heteroatoms. The second-order valence-electron chi connectivity index (χ2n) is 9.31. The first-order valence-corrected chi connectivity index (χ1v) is 12.1. The fourth-order valence-corrected chi connectivity index (χ4v) is 4.67. The van der Waals surface area contributed by atoms with Gasteiger partial charge in [-0.15, -0.1) is 13.2 Å². The quantitative estimate of drug-likeness (QED) is 0.624. The van der Waals surface area contributed by atoms with Gasteiger partial charge in [0.2, 0.25) is 12.3 Å². The highest BCUT2D eigenvalue weighted by atomic mass is 19.4. The molecule has 0 saturated carbocycles. The van der Waals surface area contributed by atoms with Crippen LogP contribution in [0.25, 0.3) is 5.69 Å². The number of nitrogens with one attached hydrogen (secondary N) is 1. The van der Waals surface area contributed by atoms with E-state index in [1.807, 2.05) is 25.7 Å². The summed E-state index contributed by atoms with van der Waals surface area (Å²) in [5.41, 5.74) is 3.29. The highest BCUT2D eigenvalue weighted by Gasteiger charge is 2.31. The van der Waals surface area contributed by atoms with Crippen molar-refractivity contribution in [1.29, 1.82) is 0 Å². The van der Waals surface area contributed by atoms with Crippen LogP contribution in [-0.4, -0.2) is 76.5 Å². The first kappa shape index (κ1) is 27.5. The van der Waals surface area contributed by atoms with Gasteiger partial charge >= 0.3 is 6.36 Å². The summed E-state index contributed by atoms with van der Waals surface area (Å²) < 4.78 is 42.0. The van der Waals surface area contributed by atoms with Gasteiger partial charge in [-0.05, 0) is 57.7 Å². The number of carbonyl (C=O) groups excluding carboxylic acids is 2. The van der Waals surface area contributed by atoms with Crippen molar-refractivity contribution in [3.8, 4) is 11.4 Å². The van der Waals surface area contributed by atoms with E-state index < -0.39 is 6.36 Å². The molecule has 0 bridgehead atoms. The molecule has 8 nitrogen and oxygen atoms in total. The second kappa shape index (κ2) is 11.8. The number of benzene rings is 1. The summed E-state index contributed by atoms with van der Waals surface area (Å²) in [4.78, 5) is 25.9. The number of rotatable bonds is 5. The van der Waals surface area contributed by atoms with Crippen LogP contribution in [0.1, 0.15) is 43.1 Å².